The molecule has 0 amide bonds. The molecule has 0 aromatic carbocycles. The quantitative estimate of drug-likeness (QED) is 0.578. The van der Waals surface area contributed by atoms with Crippen molar-refractivity contribution in [2.75, 3.05) is 13.6 Å². The van der Waals surface area contributed by atoms with Crippen molar-refractivity contribution in [1.29, 1.82) is 0 Å². The molecule has 0 spiro atoms. The van der Waals surface area contributed by atoms with Gasteiger partial charge in [-0.15, -0.1) is 0 Å². The first-order valence-corrected chi connectivity index (χ1v) is 8.97. The predicted molar refractivity (Wildman–Crippen MR) is 84.5 cm³/mol. The van der Waals surface area contributed by atoms with Crippen LogP contribution in [0.2, 0.25) is 0 Å². The maximum atomic E-state index is 2.72. The summed E-state index contributed by atoms with van der Waals surface area (Å²) in [5.41, 5.74) is 0. The minimum absolute atomic E-state index is 0.892. The van der Waals surface area contributed by atoms with E-state index in [0.29, 0.717) is 0 Å². The number of nitrogens with zero attached hydrogens (tertiary/aromatic N) is 1. The molecule has 0 bridgehead atoms. The first-order valence-electron chi connectivity index (χ1n) is 8.97. The summed E-state index contributed by atoms with van der Waals surface area (Å²) in [7, 11) is 2.40. The molecular weight excluding hydrogens is 230 g/mol. The van der Waals surface area contributed by atoms with Crippen molar-refractivity contribution < 1.29 is 0 Å². The van der Waals surface area contributed by atoms with Crippen LogP contribution < -0.4 is 0 Å². The molecule has 1 heteroatoms. The van der Waals surface area contributed by atoms with Gasteiger partial charge in [-0.2, -0.15) is 0 Å². The zero-order valence-corrected chi connectivity index (χ0v) is 13.4. The van der Waals surface area contributed by atoms with Gasteiger partial charge in [-0.25, -0.2) is 0 Å². The lowest BCUT2D eigenvalue weighted by atomic mass is 9.82. The third-order valence-corrected chi connectivity index (χ3v) is 5.66. The monoisotopic (exact) mass is 265 g/mol. The van der Waals surface area contributed by atoms with Crippen LogP contribution >= 0.6 is 0 Å². The zero-order chi connectivity index (χ0) is 13.5. The summed E-state index contributed by atoms with van der Waals surface area (Å²) < 4.78 is 0. The fourth-order valence-electron chi connectivity index (χ4n) is 4.35. The first-order chi connectivity index (χ1) is 9.27. The standard InChI is InChI=1S/C18H35N/c1-16-10-6-7-13-17-12-5-3-4-8-15-19(2)18(17)14-9-11-16/h16-18H,3-15H2,1-2H3. The molecule has 1 nitrogen and oxygen atoms in total. The van der Waals surface area contributed by atoms with Crippen LogP contribution in [0, 0.1) is 11.8 Å². The third kappa shape index (κ3) is 5.10. The topological polar surface area (TPSA) is 3.24 Å². The summed E-state index contributed by atoms with van der Waals surface area (Å²) in [5, 5.41) is 0. The molecule has 0 aromatic heterocycles. The highest BCUT2D eigenvalue weighted by atomic mass is 15.1. The van der Waals surface area contributed by atoms with Crippen LogP contribution in [0.5, 0.6) is 0 Å². The van der Waals surface area contributed by atoms with E-state index in [1.54, 1.807) is 0 Å². The first kappa shape index (κ1) is 15.4. The summed E-state index contributed by atoms with van der Waals surface area (Å²) in [6, 6.07) is 0.892. The van der Waals surface area contributed by atoms with Crippen LogP contribution in [0.4, 0.5) is 0 Å². The van der Waals surface area contributed by atoms with E-state index in [2.05, 4.69) is 18.9 Å². The molecular formula is C18H35N. The van der Waals surface area contributed by atoms with Crippen molar-refractivity contribution >= 4 is 0 Å². The van der Waals surface area contributed by atoms with Crippen molar-refractivity contribution in [3.05, 3.63) is 0 Å². The Bertz CT molecular complexity index is 238. The number of hydrogen-bond acceptors (Lipinski definition) is 1. The molecule has 19 heavy (non-hydrogen) atoms. The average Bonchev–Trinajstić information content (AvgIpc) is 2.48. The Kier molecular flexibility index (Phi) is 6.70. The molecule has 1 heterocycles. The van der Waals surface area contributed by atoms with Gasteiger partial charge < -0.3 is 4.90 Å². The highest BCUT2D eigenvalue weighted by Crippen LogP contribution is 2.31. The molecule has 1 saturated carbocycles. The predicted octanol–water partition coefficient (Wildman–Crippen LogP) is 5.25. The second-order valence-electron chi connectivity index (χ2n) is 7.33. The van der Waals surface area contributed by atoms with Crippen molar-refractivity contribution in [2.45, 2.75) is 90.0 Å². The van der Waals surface area contributed by atoms with Crippen LogP contribution in [-0.2, 0) is 0 Å². The van der Waals surface area contributed by atoms with E-state index >= 15 is 0 Å². The highest BCUT2D eigenvalue weighted by molar-refractivity contribution is 4.80. The minimum Gasteiger partial charge on any atom is -0.303 e. The van der Waals surface area contributed by atoms with E-state index in [-0.39, 0.29) is 0 Å². The van der Waals surface area contributed by atoms with Crippen LogP contribution in [0.15, 0.2) is 0 Å². The second kappa shape index (κ2) is 8.29. The maximum absolute atomic E-state index is 2.72. The Morgan fingerprint density at radius 2 is 1.32 bits per heavy atom. The van der Waals surface area contributed by atoms with Crippen molar-refractivity contribution in [2.24, 2.45) is 11.8 Å². The largest absolute Gasteiger partial charge is 0.303 e. The minimum atomic E-state index is 0.892. The molecule has 1 saturated heterocycles. The lowest BCUT2D eigenvalue weighted by molar-refractivity contribution is 0.142. The van der Waals surface area contributed by atoms with Gasteiger partial charge in [0.15, 0.2) is 0 Å². The highest BCUT2D eigenvalue weighted by Gasteiger charge is 2.26. The molecule has 112 valence electrons. The SMILES string of the molecule is CC1CCCCC2CCCCCCN(C)C2CCC1. The van der Waals surface area contributed by atoms with Crippen molar-refractivity contribution in [3.63, 3.8) is 0 Å². The summed E-state index contributed by atoms with van der Waals surface area (Å²) in [4.78, 5) is 2.72. The van der Waals surface area contributed by atoms with E-state index in [1.807, 2.05) is 0 Å². The number of hydrogen-bond donors (Lipinski definition) is 0. The van der Waals surface area contributed by atoms with Gasteiger partial charge in [0.2, 0.25) is 0 Å². The van der Waals surface area contributed by atoms with Gasteiger partial charge in [0.05, 0.1) is 0 Å². The average molecular weight is 265 g/mol. The summed E-state index contributed by atoms with van der Waals surface area (Å²) >= 11 is 0. The normalized spacial score (nSPS) is 36.6. The number of fused-ring (bicyclic) bond motifs is 1. The van der Waals surface area contributed by atoms with Gasteiger partial charge in [-0.05, 0) is 51.1 Å². The molecule has 0 radical (unpaired) electrons. The molecule has 1 aliphatic heterocycles. The Morgan fingerprint density at radius 3 is 2.16 bits per heavy atom. The van der Waals surface area contributed by atoms with E-state index in [1.165, 1.54) is 83.6 Å². The Morgan fingerprint density at radius 1 is 0.684 bits per heavy atom. The fraction of sp³-hybridized carbons (Fsp3) is 1.00. The molecule has 0 aromatic rings. The summed E-state index contributed by atoms with van der Waals surface area (Å²) in [6.07, 6.45) is 17.7. The smallest absolute Gasteiger partial charge is 0.0120 e. The van der Waals surface area contributed by atoms with E-state index in [9.17, 15) is 0 Å². The van der Waals surface area contributed by atoms with Gasteiger partial charge >= 0.3 is 0 Å². The zero-order valence-electron chi connectivity index (χ0n) is 13.4. The van der Waals surface area contributed by atoms with E-state index in [4.69, 9.17) is 0 Å². The molecule has 0 N–H and O–H groups in total. The Balaban J connectivity index is 1.99. The Labute approximate surface area is 121 Å². The van der Waals surface area contributed by atoms with Crippen molar-refractivity contribution in [1.82, 2.24) is 4.90 Å². The van der Waals surface area contributed by atoms with Crippen molar-refractivity contribution in [3.8, 4) is 0 Å². The van der Waals surface area contributed by atoms with Gasteiger partial charge in [-0.1, -0.05) is 58.3 Å². The van der Waals surface area contributed by atoms with Crippen LogP contribution in [0.1, 0.15) is 84.0 Å². The third-order valence-electron chi connectivity index (χ3n) is 5.66. The van der Waals surface area contributed by atoms with Crippen LogP contribution in [0.3, 0.4) is 0 Å². The fourth-order valence-corrected chi connectivity index (χ4v) is 4.35. The lowest BCUT2D eigenvalue weighted by Crippen LogP contribution is -2.38. The van der Waals surface area contributed by atoms with Gasteiger partial charge in [-0.3, -0.25) is 0 Å². The van der Waals surface area contributed by atoms with E-state index < -0.39 is 0 Å². The van der Waals surface area contributed by atoms with Gasteiger partial charge in [0.25, 0.3) is 0 Å². The maximum Gasteiger partial charge on any atom is 0.0120 e. The molecule has 3 unspecified atom stereocenters. The summed E-state index contributed by atoms with van der Waals surface area (Å²) in [6.45, 7) is 3.81. The molecule has 2 aliphatic rings. The second-order valence-corrected chi connectivity index (χ2v) is 7.33. The Hall–Kier alpha value is -0.0400. The molecule has 2 rings (SSSR count). The molecule has 1 aliphatic carbocycles. The molecule has 2 fully saturated rings. The number of rotatable bonds is 0. The van der Waals surface area contributed by atoms with Gasteiger partial charge in [0, 0.05) is 6.04 Å². The van der Waals surface area contributed by atoms with Gasteiger partial charge in [0.1, 0.15) is 0 Å². The van der Waals surface area contributed by atoms with Crippen LogP contribution in [0.25, 0.3) is 0 Å². The van der Waals surface area contributed by atoms with Crippen LogP contribution in [-0.4, -0.2) is 24.5 Å². The lowest BCUT2D eigenvalue weighted by Gasteiger charge is -2.35. The molecule has 3 atom stereocenters. The summed E-state index contributed by atoms with van der Waals surface area (Å²) in [5.74, 6) is 1.97. The van der Waals surface area contributed by atoms with E-state index in [0.717, 1.165) is 17.9 Å².